The predicted octanol–water partition coefficient (Wildman–Crippen LogP) is 5.94. The molecule has 1 heterocycles. The summed E-state index contributed by atoms with van der Waals surface area (Å²) in [5.41, 5.74) is -0.0301. The Morgan fingerprint density at radius 1 is 0.969 bits per heavy atom. The molecule has 0 saturated heterocycles. The lowest BCUT2D eigenvalue weighted by molar-refractivity contribution is -0.137. The Balaban J connectivity index is 1.84. The lowest BCUT2D eigenvalue weighted by atomic mass is 10.1. The molecule has 0 spiro atoms. The molecular formula is C24H17F3N2O3. The van der Waals surface area contributed by atoms with Crippen LogP contribution in [0.2, 0.25) is 0 Å². The number of anilines is 1. The number of rotatable bonds is 4. The van der Waals surface area contributed by atoms with Crippen molar-refractivity contribution in [3.8, 4) is 5.75 Å². The summed E-state index contributed by atoms with van der Waals surface area (Å²) in [6.07, 6.45) is -4.52. The number of benzene rings is 3. The van der Waals surface area contributed by atoms with Gasteiger partial charge < -0.3 is 14.5 Å². The van der Waals surface area contributed by atoms with Gasteiger partial charge in [-0.2, -0.15) is 13.2 Å². The van der Waals surface area contributed by atoms with E-state index >= 15 is 0 Å². The van der Waals surface area contributed by atoms with E-state index in [-0.39, 0.29) is 16.8 Å². The molecule has 3 aromatic carbocycles. The summed E-state index contributed by atoms with van der Waals surface area (Å²) in [5.74, 6) is -0.0929. The Kier molecular flexibility index (Phi) is 5.68. The predicted molar refractivity (Wildman–Crippen MR) is 114 cm³/mol. The smallest absolute Gasteiger partial charge is 0.416 e. The van der Waals surface area contributed by atoms with Gasteiger partial charge in [-0.15, -0.1) is 0 Å². The SMILES string of the molecule is COc1ccccc1NC(=O)c1cc2ccccc2oc1=Nc1cccc(C(F)(F)F)c1. The second-order valence-electron chi connectivity index (χ2n) is 6.82. The third kappa shape index (κ3) is 4.49. The van der Waals surface area contributed by atoms with E-state index < -0.39 is 17.6 Å². The number of carbonyl (C=O) groups is 1. The van der Waals surface area contributed by atoms with Gasteiger partial charge in [-0.25, -0.2) is 4.99 Å². The molecule has 1 aromatic heterocycles. The first kappa shape index (κ1) is 21.2. The summed E-state index contributed by atoms with van der Waals surface area (Å²) in [6.45, 7) is 0. The summed E-state index contributed by atoms with van der Waals surface area (Å²) >= 11 is 0. The number of hydrogen-bond donors (Lipinski definition) is 1. The highest BCUT2D eigenvalue weighted by atomic mass is 19.4. The van der Waals surface area contributed by atoms with Crippen LogP contribution in [0.5, 0.6) is 5.75 Å². The van der Waals surface area contributed by atoms with Gasteiger partial charge in [0.15, 0.2) is 0 Å². The minimum Gasteiger partial charge on any atom is -0.495 e. The number of alkyl halides is 3. The Bertz CT molecular complexity index is 1360. The molecule has 32 heavy (non-hydrogen) atoms. The molecule has 1 amide bonds. The Morgan fingerprint density at radius 2 is 1.72 bits per heavy atom. The van der Waals surface area contributed by atoms with Gasteiger partial charge >= 0.3 is 6.18 Å². The molecular weight excluding hydrogens is 421 g/mol. The Labute approximate surface area is 180 Å². The van der Waals surface area contributed by atoms with Crippen molar-refractivity contribution in [1.82, 2.24) is 0 Å². The van der Waals surface area contributed by atoms with Crippen LogP contribution >= 0.6 is 0 Å². The Hall–Kier alpha value is -4.07. The normalized spacial score (nSPS) is 12.1. The number of carbonyl (C=O) groups excluding carboxylic acids is 1. The van der Waals surface area contributed by atoms with Crippen LogP contribution in [0.1, 0.15) is 15.9 Å². The van der Waals surface area contributed by atoms with E-state index in [1.54, 1.807) is 54.6 Å². The van der Waals surface area contributed by atoms with Crippen molar-refractivity contribution in [3.05, 3.63) is 95.5 Å². The lowest BCUT2D eigenvalue weighted by Crippen LogP contribution is -2.22. The first-order chi connectivity index (χ1) is 15.3. The van der Waals surface area contributed by atoms with Crippen molar-refractivity contribution in [1.29, 1.82) is 0 Å². The zero-order valence-electron chi connectivity index (χ0n) is 16.8. The van der Waals surface area contributed by atoms with Crippen LogP contribution in [0.25, 0.3) is 11.0 Å². The van der Waals surface area contributed by atoms with E-state index in [0.29, 0.717) is 22.4 Å². The van der Waals surface area contributed by atoms with Crippen molar-refractivity contribution < 1.29 is 27.1 Å². The molecule has 0 unspecified atom stereocenters. The maximum absolute atomic E-state index is 13.1. The maximum Gasteiger partial charge on any atom is 0.416 e. The highest BCUT2D eigenvalue weighted by Crippen LogP contribution is 2.31. The van der Waals surface area contributed by atoms with E-state index in [2.05, 4.69) is 10.3 Å². The fourth-order valence-corrected chi connectivity index (χ4v) is 3.12. The largest absolute Gasteiger partial charge is 0.495 e. The van der Waals surface area contributed by atoms with Crippen LogP contribution in [0.15, 0.2) is 88.3 Å². The van der Waals surface area contributed by atoms with Crippen LogP contribution in [0, 0.1) is 0 Å². The highest BCUT2D eigenvalue weighted by Gasteiger charge is 2.30. The van der Waals surface area contributed by atoms with E-state index in [9.17, 15) is 18.0 Å². The molecule has 162 valence electrons. The molecule has 0 aliphatic heterocycles. The van der Waals surface area contributed by atoms with E-state index in [1.807, 2.05) is 0 Å². The third-order valence-electron chi connectivity index (χ3n) is 4.66. The van der Waals surface area contributed by atoms with Crippen molar-refractivity contribution in [2.75, 3.05) is 12.4 Å². The van der Waals surface area contributed by atoms with Gasteiger partial charge in [0.05, 0.1) is 24.0 Å². The van der Waals surface area contributed by atoms with Crippen molar-refractivity contribution in [2.45, 2.75) is 6.18 Å². The number of ether oxygens (including phenoxy) is 1. The molecule has 0 radical (unpaired) electrons. The molecule has 0 aliphatic rings. The molecule has 4 rings (SSSR count). The van der Waals surface area contributed by atoms with Crippen LogP contribution in [0.3, 0.4) is 0 Å². The molecule has 0 saturated carbocycles. The van der Waals surface area contributed by atoms with Crippen molar-refractivity contribution in [2.24, 2.45) is 4.99 Å². The van der Waals surface area contributed by atoms with E-state index in [0.717, 1.165) is 12.1 Å². The monoisotopic (exact) mass is 438 g/mol. The van der Waals surface area contributed by atoms with E-state index in [1.165, 1.54) is 19.2 Å². The molecule has 0 bridgehead atoms. The number of methoxy groups -OCH3 is 1. The summed E-state index contributed by atoms with van der Waals surface area (Å²) in [5, 5.41) is 3.38. The number of halogens is 3. The third-order valence-corrected chi connectivity index (χ3v) is 4.66. The fraction of sp³-hybridized carbons (Fsp3) is 0.0833. The van der Waals surface area contributed by atoms with Gasteiger partial charge in [-0.1, -0.05) is 36.4 Å². The summed E-state index contributed by atoms with van der Waals surface area (Å²) in [4.78, 5) is 17.3. The fourth-order valence-electron chi connectivity index (χ4n) is 3.12. The molecule has 0 fully saturated rings. The molecule has 0 aliphatic carbocycles. The molecule has 1 N–H and O–H groups in total. The second kappa shape index (κ2) is 8.58. The van der Waals surface area contributed by atoms with Crippen LogP contribution in [-0.4, -0.2) is 13.0 Å². The first-order valence-corrected chi connectivity index (χ1v) is 9.54. The molecule has 5 nitrogen and oxygen atoms in total. The summed E-state index contributed by atoms with van der Waals surface area (Å²) in [7, 11) is 1.48. The number of para-hydroxylation sites is 3. The average molecular weight is 438 g/mol. The number of nitrogens with one attached hydrogen (secondary N) is 1. The van der Waals surface area contributed by atoms with Gasteiger partial charge in [0.25, 0.3) is 5.91 Å². The van der Waals surface area contributed by atoms with Gasteiger partial charge in [-0.05, 0) is 42.5 Å². The van der Waals surface area contributed by atoms with Gasteiger partial charge in [-0.3, -0.25) is 4.79 Å². The summed E-state index contributed by atoms with van der Waals surface area (Å²) < 4.78 is 50.3. The number of hydrogen-bond acceptors (Lipinski definition) is 4. The maximum atomic E-state index is 13.1. The Morgan fingerprint density at radius 3 is 2.50 bits per heavy atom. The number of nitrogens with zero attached hydrogens (tertiary/aromatic N) is 1. The molecule has 0 atom stereocenters. The summed E-state index contributed by atoms with van der Waals surface area (Å²) in [6, 6.07) is 19.9. The van der Waals surface area contributed by atoms with E-state index in [4.69, 9.17) is 9.15 Å². The molecule has 8 heteroatoms. The van der Waals surface area contributed by atoms with Gasteiger partial charge in [0.2, 0.25) is 5.55 Å². The quantitative estimate of drug-likeness (QED) is 0.429. The zero-order chi connectivity index (χ0) is 22.7. The topological polar surface area (TPSA) is 63.8 Å². The number of fused-ring (bicyclic) bond motifs is 1. The zero-order valence-corrected chi connectivity index (χ0v) is 16.8. The standard InChI is InChI=1S/C24H17F3N2O3/c1-31-21-12-5-3-10-19(21)29-22(30)18-13-15-7-2-4-11-20(15)32-23(18)28-17-9-6-8-16(14-17)24(25,26)27/h2-14H,1H3,(H,29,30). The average Bonchev–Trinajstić information content (AvgIpc) is 2.78. The van der Waals surface area contributed by atoms with Gasteiger partial charge in [0, 0.05) is 5.39 Å². The minimum atomic E-state index is -4.52. The second-order valence-corrected chi connectivity index (χ2v) is 6.82. The van der Waals surface area contributed by atoms with Gasteiger partial charge in [0.1, 0.15) is 16.9 Å². The van der Waals surface area contributed by atoms with Crippen LogP contribution in [0.4, 0.5) is 24.5 Å². The van der Waals surface area contributed by atoms with Crippen LogP contribution in [-0.2, 0) is 6.18 Å². The minimum absolute atomic E-state index is 0.00481. The van der Waals surface area contributed by atoms with Crippen molar-refractivity contribution in [3.63, 3.8) is 0 Å². The lowest BCUT2D eigenvalue weighted by Gasteiger charge is -2.10. The van der Waals surface area contributed by atoms with Crippen molar-refractivity contribution >= 4 is 28.3 Å². The number of amides is 1. The highest BCUT2D eigenvalue weighted by molar-refractivity contribution is 6.06. The van der Waals surface area contributed by atoms with Crippen LogP contribution < -0.4 is 15.6 Å². The molecule has 4 aromatic rings. The first-order valence-electron chi connectivity index (χ1n) is 9.54.